The number of aliphatic carboxylic acids is 1. The molecule has 0 radical (unpaired) electrons. The van der Waals surface area contributed by atoms with Crippen LogP contribution in [0.5, 0.6) is 0 Å². The molecule has 0 aliphatic carbocycles. The molecule has 8 nitrogen and oxygen atoms in total. The molecule has 1 atom stereocenters. The van der Waals surface area contributed by atoms with Crippen LogP contribution in [0.3, 0.4) is 0 Å². The molecule has 1 fully saturated rings. The number of carbonyl (C=O) groups excluding carboxylic acids is 2. The fraction of sp³-hybridized carbons (Fsp3) is 0.333. The van der Waals surface area contributed by atoms with Gasteiger partial charge >= 0.3 is 5.97 Å². The van der Waals surface area contributed by atoms with Gasteiger partial charge in [-0.2, -0.15) is 0 Å². The van der Waals surface area contributed by atoms with E-state index in [9.17, 15) is 14.4 Å². The summed E-state index contributed by atoms with van der Waals surface area (Å²) in [5, 5.41) is 18.2. The van der Waals surface area contributed by atoms with Gasteiger partial charge in [-0.3, -0.25) is 25.1 Å². The number of nitrogens with one attached hydrogen (secondary N) is 2. The van der Waals surface area contributed by atoms with Gasteiger partial charge in [-0.15, -0.1) is 0 Å². The van der Waals surface area contributed by atoms with Crippen molar-refractivity contribution in [3.8, 4) is 12.0 Å². The quantitative estimate of drug-likeness (QED) is 0.257. The Balaban J connectivity index is 1.87. The molecule has 0 saturated carbocycles. The van der Waals surface area contributed by atoms with Gasteiger partial charge in [-0.25, -0.2) is 0 Å². The fourth-order valence-corrected chi connectivity index (χ4v) is 2.63. The van der Waals surface area contributed by atoms with E-state index >= 15 is 0 Å². The molecule has 1 aliphatic heterocycles. The maximum absolute atomic E-state index is 12.5. The summed E-state index contributed by atoms with van der Waals surface area (Å²) in [4.78, 5) is 36.3. The number of amidine groups is 1. The van der Waals surface area contributed by atoms with Crippen LogP contribution in [0.4, 0.5) is 5.69 Å². The molecular formula is C18H20N4O4. The van der Waals surface area contributed by atoms with Gasteiger partial charge in [0, 0.05) is 42.6 Å². The van der Waals surface area contributed by atoms with Gasteiger partial charge < -0.3 is 15.7 Å². The predicted molar refractivity (Wildman–Crippen MR) is 95.3 cm³/mol. The average molecular weight is 356 g/mol. The minimum absolute atomic E-state index is 0.0362. The molecule has 136 valence electrons. The Hall–Kier alpha value is -3.34. The largest absolute Gasteiger partial charge is 0.481 e. The number of hydrogen-bond acceptors (Lipinski definition) is 4. The van der Waals surface area contributed by atoms with Crippen LogP contribution in [0.15, 0.2) is 24.3 Å². The van der Waals surface area contributed by atoms with E-state index in [0.717, 1.165) is 0 Å². The van der Waals surface area contributed by atoms with Crippen LogP contribution in [0.25, 0.3) is 0 Å². The number of nitrogens with two attached hydrogens (primary N) is 1. The molecule has 8 heteroatoms. The number of carboxylic acid groups (broad SMARTS) is 1. The number of nitrogen functional groups attached to an aromatic ring is 1. The number of anilines is 1. The van der Waals surface area contributed by atoms with Crippen LogP contribution in [0.2, 0.25) is 0 Å². The van der Waals surface area contributed by atoms with Crippen molar-refractivity contribution in [2.75, 3.05) is 11.4 Å². The van der Waals surface area contributed by atoms with Crippen LogP contribution in [-0.2, 0) is 14.4 Å². The first-order chi connectivity index (χ1) is 12.4. The lowest BCUT2D eigenvalue weighted by atomic mass is 10.0. The Kier molecular flexibility index (Phi) is 6.33. The van der Waals surface area contributed by atoms with Crippen molar-refractivity contribution in [1.82, 2.24) is 5.32 Å². The highest BCUT2D eigenvalue weighted by atomic mass is 16.4. The van der Waals surface area contributed by atoms with Crippen LogP contribution >= 0.6 is 0 Å². The highest BCUT2D eigenvalue weighted by molar-refractivity contribution is 6.00. The third-order valence-corrected chi connectivity index (χ3v) is 3.99. The zero-order valence-corrected chi connectivity index (χ0v) is 14.1. The molecular weight excluding hydrogens is 336 g/mol. The summed E-state index contributed by atoms with van der Waals surface area (Å²) >= 11 is 0. The fourth-order valence-electron chi connectivity index (χ4n) is 2.63. The van der Waals surface area contributed by atoms with E-state index in [4.69, 9.17) is 16.2 Å². The molecule has 0 aromatic heterocycles. The summed E-state index contributed by atoms with van der Waals surface area (Å²) in [5.74, 6) is 0.658. The van der Waals surface area contributed by atoms with E-state index in [1.165, 1.54) is 0 Å². The van der Waals surface area contributed by atoms with E-state index in [2.05, 4.69) is 17.3 Å². The molecule has 1 aromatic carbocycles. The zero-order valence-electron chi connectivity index (χ0n) is 14.1. The lowest BCUT2D eigenvalue weighted by molar-refractivity contribution is -0.136. The van der Waals surface area contributed by atoms with Crippen molar-refractivity contribution in [3.63, 3.8) is 0 Å². The van der Waals surface area contributed by atoms with Crippen molar-refractivity contribution >= 4 is 29.3 Å². The van der Waals surface area contributed by atoms with Crippen molar-refractivity contribution in [1.29, 1.82) is 5.41 Å². The number of carboxylic acids is 1. The second-order valence-corrected chi connectivity index (χ2v) is 5.88. The molecule has 1 aliphatic rings. The molecule has 1 aromatic rings. The first-order valence-electron chi connectivity index (χ1n) is 8.13. The van der Waals surface area contributed by atoms with Crippen molar-refractivity contribution in [2.24, 2.45) is 11.7 Å². The molecule has 2 rings (SSSR count). The topological polar surface area (TPSA) is 137 Å². The number of amides is 2. The third-order valence-electron chi connectivity index (χ3n) is 3.99. The van der Waals surface area contributed by atoms with Gasteiger partial charge in [0.1, 0.15) is 5.84 Å². The van der Waals surface area contributed by atoms with Gasteiger partial charge in [-0.1, -0.05) is 5.92 Å². The van der Waals surface area contributed by atoms with Gasteiger partial charge in [0.15, 0.2) is 0 Å². The molecule has 0 spiro atoms. The highest BCUT2D eigenvalue weighted by Gasteiger charge is 2.33. The molecule has 5 N–H and O–H groups in total. The number of rotatable bonds is 6. The Morgan fingerprint density at radius 3 is 2.65 bits per heavy atom. The highest BCUT2D eigenvalue weighted by Crippen LogP contribution is 2.27. The van der Waals surface area contributed by atoms with Crippen molar-refractivity contribution in [2.45, 2.75) is 25.7 Å². The number of carbonyl (C=O) groups is 3. The summed E-state index contributed by atoms with van der Waals surface area (Å²) in [5.41, 5.74) is 6.70. The van der Waals surface area contributed by atoms with E-state index in [1.807, 2.05) is 0 Å². The SMILES string of the molecule is N=C(N)c1ccc(N2CCC(CC(=O)NC#CCCC(=O)O)C2=O)cc1. The normalized spacial score (nSPS) is 15.9. The monoisotopic (exact) mass is 356 g/mol. The number of benzene rings is 1. The molecule has 1 saturated heterocycles. The predicted octanol–water partition coefficient (Wildman–Crippen LogP) is 0.656. The molecule has 1 heterocycles. The Bertz CT molecular complexity index is 777. The van der Waals surface area contributed by atoms with E-state index in [0.29, 0.717) is 24.2 Å². The van der Waals surface area contributed by atoms with Gasteiger partial charge in [-0.05, 0) is 30.7 Å². The van der Waals surface area contributed by atoms with E-state index in [1.54, 1.807) is 29.2 Å². The Morgan fingerprint density at radius 2 is 2.04 bits per heavy atom. The minimum atomic E-state index is -0.946. The number of hydrogen-bond donors (Lipinski definition) is 4. The minimum Gasteiger partial charge on any atom is -0.481 e. The maximum Gasteiger partial charge on any atom is 0.304 e. The van der Waals surface area contributed by atoms with E-state index in [-0.39, 0.29) is 36.9 Å². The van der Waals surface area contributed by atoms with Gasteiger partial charge in [0.25, 0.3) is 0 Å². The maximum atomic E-state index is 12.5. The second-order valence-electron chi connectivity index (χ2n) is 5.88. The smallest absolute Gasteiger partial charge is 0.304 e. The Labute approximate surface area is 150 Å². The summed E-state index contributed by atoms with van der Waals surface area (Å²) in [6.45, 7) is 0.514. The summed E-state index contributed by atoms with van der Waals surface area (Å²) in [6, 6.07) is 9.23. The van der Waals surface area contributed by atoms with Gasteiger partial charge in [0.2, 0.25) is 11.8 Å². The summed E-state index contributed by atoms with van der Waals surface area (Å²) < 4.78 is 0. The lowest BCUT2D eigenvalue weighted by Crippen LogP contribution is -2.29. The van der Waals surface area contributed by atoms with Crippen molar-refractivity contribution in [3.05, 3.63) is 29.8 Å². The third kappa shape index (κ3) is 5.08. The van der Waals surface area contributed by atoms with Crippen LogP contribution in [0, 0.1) is 23.3 Å². The lowest BCUT2D eigenvalue weighted by Gasteiger charge is -2.17. The molecule has 0 bridgehead atoms. The summed E-state index contributed by atoms with van der Waals surface area (Å²) in [7, 11) is 0. The van der Waals surface area contributed by atoms with Crippen LogP contribution < -0.4 is 16.0 Å². The molecule has 26 heavy (non-hydrogen) atoms. The van der Waals surface area contributed by atoms with Crippen LogP contribution in [-0.4, -0.2) is 35.3 Å². The summed E-state index contributed by atoms with van der Waals surface area (Å²) in [6.07, 6.45) is 0.672. The second kappa shape index (κ2) is 8.67. The van der Waals surface area contributed by atoms with Crippen molar-refractivity contribution < 1.29 is 19.5 Å². The van der Waals surface area contributed by atoms with E-state index < -0.39 is 11.9 Å². The van der Waals surface area contributed by atoms with Gasteiger partial charge in [0.05, 0.1) is 6.42 Å². The number of nitrogens with zero attached hydrogens (tertiary/aromatic N) is 1. The zero-order chi connectivity index (χ0) is 19.1. The molecule has 2 amide bonds. The first kappa shape index (κ1) is 19.0. The Morgan fingerprint density at radius 1 is 1.35 bits per heavy atom. The first-order valence-corrected chi connectivity index (χ1v) is 8.13. The molecule has 1 unspecified atom stereocenters. The standard InChI is InChI=1S/C18H20N4O4/c19-17(20)12-4-6-14(7-5-12)22-10-8-13(18(22)26)11-15(23)21-9-2-1-3-16(24)25/h4-7,13H,1,3,8,10-11H2,(H3,19,20)(H,21,23)(H,24,25). The van der Waals surface area contributed by atoms with Crippen LogP contribution in [0.1, 0.15) is 31.2 Å². The average Bonchev–Trinajstić information content (AvgIpc) is 2.95.